The number of fused-ring (bicyclic) bond motifs is 2. The lowest BCUT2D eigenvalue weighted by Crippen LogP contribution is -2.52. The first-order valence-corrected chi connectivity index (χ1v) is 21.3. The van der Waals surface area contributed by atoms with Crippen molar-refractivity contribution in [2.24, 2.45) is 5.92 Å². The zero-order valence-electron chi connectivity index (χ0n) is 33.6. The van der Waals surface area contributed by atoms with Gasteiger partial charge in [0.25, 0.3) is 11.8 Å². The Balaban J connectivity index is 0.707. The van der Waals surface area contributed by atoms with Crippen molar-refractivity contribution in [3.05, 3.63) is 94.9 Å². The van der Waals surface area contributed by atoms with Gasteiger partial charge in [0.05, 0.1) is 22.9 Å². The van der Waals surface area contributed by atoms with Crippen molar-refractivity contribution in [1.82, 2.24) is 25.4 Å². The van der Waals surface area contributed by atoms with E-state index in [0.29, 0.717) is 52.5 Å². The predicted octanol–water partition coefficient (Wildman–Crippen LogP) is 5.17. The molecule has 4 amide bonds. The molecule has 3 aromatic carbocycles. The van der Waals surface area contributed by atoms with Crippen molar-refractivity contribution >= 4 is 45.9 Å². The van der Waals surface area contributed by atoms with Crippen molar-refractivity contribution in [2.75, 3.05) is 55.6 Å². The number of pyridine rings is 1. The van der Waals surface area contributed by atoms with Crippen molar-refractivity contribution in [3.63, 3.8) is 0 Å². The summed E-state index contributed by atoms with van der Waals surface area (Å²) in [5.74, 6) is -0.265. The number of benzene rings is 3. The van der Waals surface area contributed by atoms with E-state index in [9.17, 15) is 24.4 Å². The van der Waals surface area contributed by atoms with Gasteiger partial charge in [-0.25, -0.2) is 4.39 Å². The van der Waals surface area contributed by atoms with Gasteiger partial charge < -0.3 is 24.8 Å². The van der Waals surface area contributed by atoms with Gasteiger partial charge in [-0.1, -0.05) is 0 Å². The molecular formula is C46H49FN8O5. The van der Waals surface area contributed by atoms with Crippen LogP contribution >= 0.6 is 0 Å². The highest BCUT2D eigenvalue weighted by Gasteiger charge is 2.39. The topological polar surface area (TPSA) is 151 Å². The average Bonchev–Trinajstić information content (AvgIpc) is 3.59. The predicted molar refractivity (Wildman–Crippen MR) is 223 cm³/mol. The van der Waals surface area contributed by atoms with E-state index in [0.717, 1.165) is 101 Å². The third kappa shape index (κ3) is 8.10. The first kappa shape index (κ1) is 39.4. The summed E-state index contributed by atoms with van der Waals surface area (Å²) < 4.78 is 21.9. The molecule has 0 radical (unpaired) electrons. The molecule has 9 rings (SSSR count). The van der Waals surface area contributed by atoms with E-state index in [2.05, 4.69) is 42.5 Å². The standard InChI is InChI=1S/C46H49FN8O5/c47-38-25-30(44(57)50-33-5-8-35(9-6-33)60-41-13-4-31(26-48)43-37(41)2-1-17-49-43)3-11-39(38)54-18-15-29(16-19-54)27-52-20-22-53(23-21-52)34-7-10-36-32(24-34)28-55(46(36)59)40-12-14-42(56)51-45(40)58/h1-4,7,10-11,13,17,24-25,29,33,35,40H,5-6,8-9,12,14-16,18-23,27-28H2,(H,50,57)(H,51,56,58)/t33?,35?,40-/m0/s1. The van der Waals surface area contributed by atoms with E-state index in [1.165, 1.54) is 6.07 Å². The average molecular weight is 813 g/mol. The molecule has 0 unspecified atom stereocenters. The van der Waals surface area contributed by atoms with E-state index in [1.54, 1.807) is 29.3 Å². The van der Waals surface area contributed by atoms with Gasteiger partial charge in [-0.3, -0.25) is 34.4 Å². The Morgan fingerprint density at radius 3 is 2.45 bits per heavy atom. The Labute approximate surface area is 348 Å². The van der Waals surface area contributed by atoms with Gasteiger partial charge in [-0.15, -0.1) is 0 Å². The number of halogens is 1. The van der Waals surface area contributed by atoms with Gasteiger partial charge in [0.2, 0.25) is 11.8 Å². The molecule has 60 heavy (non-hydrogen) atoms. The van der Waals surface area contributed by atoms with E-state index < -0.39 is 11.9 Å². The second-order valence-corrected chi connectivity index (χ2v) is 16.8. The quantitative estimate of drug-likeness (QED) is 0.217. The van der Waals surface area contributed by atoms with Crippen molar-refractivity contribution in [3.8, 4) is 11.8 Å². The van der Waals surface area contributed by atoms with E-state index in [-0.39, 0.29) is 42.1 Å². The highest BCUT2D eigenvalue weighted by molar-refractivity contribution is 6.05. The molecule has 4 aliphatic heterocycles. The monoisotopic (exact) mass is 812 g/mol. The zero-order valence-corrected chi connectivity index (χ0v) is 33.6. The smallest absolute Gasteiger partial charge is 0.255 e. The summed E-state index contributed by atoms with van der Waals surface area (Å²) in [6, 6.07) is 19.6. The van der Waals surface area contributed by atoms with E-state index in [4.69, 9.17) is 4.74 Å². The van der Waals surface area contributed by atoms with E-state index >= 15 is 4.39 Å². The number of imide groups is 1. The summed E-state index contributed by atoms with van der Waals surface area (Å²) in [4.78, 5) is 63.3. The van der Waals surface area contributed by atoms with Crippen LogP contribution in [0, 0.1) is 23.1 Å². The number of nitrogens with zero attached hydrogens (tertiary/aromatic N) is 6. The molecule has 0 bridgehead atoms. The van der Waals surface area contributed by atoms with Crippen molar-refractivity contribution in [1.29, 1.82) is 5.26 Å². The molecule has 1 aromatic heterocycles. The lowest BCUT2D eigenvalue weighted by atomic mass is 9.92. The van der Waals surface area contributed by atoms with Crippen LogP contribution in [0.3, 0.4) is 0 Å². The Kier molecular flexibility index (Phi) is 11.1. The van der Waals surface area contributed by atoms with Crippen LogP contribution < -0.4 is 25.2 Å². The van der Waals surface area contributed by atoms with Gasteiger partial charge in [0.1, 0.15) is 23.7 Å². The normalized spacial score (nSPS) is 22.7. The maximum absolute atomic E-state index is 15.5. The van der Waals surface area contributed by atoms with Crippen LogP contribution in [0.2, 0.25) is 0 Å². The summed E-state index contributed by atoms with van der Waals surface area (Å²) in [6.45, 7) is 6.50. The highest BCUT2D eigenvalue weighted by Crippen LogP contribution is 2.33. The largest absolute Gasteiger partial charge is 0.490 e. The number of ether oxygens (including phenoxy) is 1. The van der Waals surface area contributed by atoms with Gasteiger partial charge in [-0.05, 0) is 117 Å². The number of aromatic nitrogens is 1. The van der Waals surface area contributed by atoms with Gasteiger partial charge in [0, 0.05) is 93.2 Å². The number of piperidine rings is 2. The molecule has 14 heteroatoms. The minimum absolute atomic E-state index is 0.0132. The molecule has 310 valence electrons. The highest BCUT2D eigenvalue weighted by atomic mass is 19.1. The Morgan fingerprint density at radius 1 is 0.900 bits per heavy atom. The summed E-state index contributed by atoms with van der Waals surface area (Å²) in [5.41, 5.74) is 4.62. The van der Waals surface area contributed by atoms with Crippen LogP contribution in [0.15, 0.2) is 66.9 Å². The number of carbonyl (C=O) groups is 4. The van der Waals surface area contributed by atoms with Crippen LogP contribution in [-0.4, -0.2) is 102 Å². The number of hydrogen-bond donors (Lipinski definition) is 2. The summed E-state index contributed by atoms with van der Waals surface area (Å²) in [5, 5.41) is 15.7. The van der Waals surface area contributed by atoms with Gasteiger partial charge >= 0.3 is 0 Å². The van der Waals surface area contributed by atoms with Crippen LogP contribution in [-0.2, 0) is 16.1 Å². The third-order valence-electron chi connectivity index (χ3n) is 13.1. The van der Waals surface area contributed by atoms with Crippen LogP contribution in [0.4, 0.5) is 15.8 Å². The van der Waals surface area contributed by atoms with Crippen LogP contribution in [0.1, 0.15) is 83.2 Å². The number of nitriles is 1. The fourth-order valence-corrected chi connectivity index (χ4v) is 9.69. The number of nitrogens with one attached hydrogen (secondary N) is 2. The first-order chi connectivity index (χ1) is 29.2. The number of rotatable bonds is 9. The van der Waals surface area contributed by atoms with Gasteiger partial charge in [-0.2, -0.15) is 5.26 Å². The van der Waals surface area contributed by atoms with Crippen LogP contribution in [0.5, 0.6) is 5.75 Å². The fraction of sp³-hybridized carbons (Fsp3) is 0.435. The molecule has 0 spiro atoms. The SMILES string of the molecule is N#Cc1ccc(OC2CCC(NC(=O)c3ccc(N4CCC(CN5CCN(c6ccc7c(c6)CN([C@H]6CCC(=O)NC6=O)C7=O)CC5)CC4)c(F)c3)CC2)c2cccnc12. The Hall–Kier alpha value is -6.07. The minimum Gasteiger partial charge on any atom is -0.490 e. The summed E-state index contributed by atoms with van der Waals surface area (Å²) >= 11 is 0. The molecule has 4 aromatic rings. The second kappa shape index (κ2) is 16.9. The van der Waals surface area contributed by atoms with Gasteiger partial charge in [0.15, 0.2) is 0 Å². The molecule has 5 heterocycles. The molecule has 1 aliphatic carbocycles. The maximum atomic E-state index is 15.5. The number of anilines is 2. The Bertz CT molecular complexity index is 2360. The van der Waals surface area contributed by atoms with E-state index in [1.807, 2.05) is 30.3 Å². The minimum atomic E-state index is -0.618. The summed E-state index contributed by atoms with van der Waals surface area (Å²) in [6.07, 6.45) is 7.21. The molecule has 3 saturated heterocycles. The summed E-state index contributed by atoms with van der Waals surface area (Å²) in [7, 11) is 0. The first-order valence-electron chi connectivity index (χ1n) is 21.3. The molecule has 1 saturated carbocycles. The molecule has 4 fully saturated rings. The molecule has 5 aliphatic rings. The number of hydrogen-bond acceptors (Lipinski definition) is 10. The molecule has 1 atom stereocenters. The van der Waals surface area contributed by atoms with Crippen LogP contribution in [0.25, 0.3) is 10.9 Å². The third-order valence-corrected chi connectivity index (χ3v) is 13.1. The Morgan fingerprint density at radius 2 is 1.70 bits per heavy atom. The number of piperazine rings is 1. The number of carbonyl (C=O) groups excluding carboxylic acids is 4. The number of amides is 4. The maximum Gasteiger partial charge on any atom is 0.255 e. The van der Waals surface area contributed by atoms with Crippen molar-refractivity contribution < 1.29 is 28.3 Å². The second-order valence-electron chi connectivity index (χ2n) is 16.8. The zero-order chi connectivity index (χ0) is 41.3. The molecule has 13 nitrogen and oxygen atoms in total. The molecular weight excluding hydrogens is 764 g/mol. The fourth-order valence-electron chi connectivity index (χ4n) is 9.69. The lowest BCUT2D eigenvalue weighted by Gasteiger charge is -2.40. The lowest BCUT2D eigenvalue weighted by molar-refractivity contribution is -0.136. The van der Waals surface area contributed by atoms with Crippen molar-refractivity contribution in [2.45, 2.75) is 76.1 Å². The molecule has 2 N–H and O–H groups in total.